The molecule has 0 aliphatic heterocycles. The molecule has 0 radical (unpaired) electrons. The van der Waals surface area contributed by atoms with Crippen molar-refractivity contribution in [2.75, 3.05) is 11.9 Å². The molecule has 1 aromatic heterocycles. The van der Waals surface area contributed by atoms with Gasteiger partial charge in [-0.3, -0.25) is 4.79 Å². The van der Waals surface area contributed by atoms with Crippen molar-refractivity contribution in [2.45, 2.75) is 19.8 Å². The Morgan fingerprint density at radius 1 is 1.00 bits per heavy atom. The minimum atomic E-state index is -0.589. The molecule has 0 bridgehead atoms. The van der Waals surface area contributed by atoms with E-state index in [1.54, 1.807) is 18.2 Å². The van der Waals surface area contributed by atoms with Gasteiger partial charge in [0.15, 0.2) is 12.4 Å². The number of amides is 1. The minimum Gasteiger partial charge on any atom is -0.452 e. The highest BCUT2D eigenvalue weighted by Gasteiger charge is 2.16. The number of rotatable bonds is 6. The van der Waals surface area contributed by atoms with Crippen LogP contribution in [0.1, 0.15) is 35.7 Å². The van der Waals surface area contributed by atoms with Crippen LogP contribution in [0.3, 0.4) is 0 Å². The fourth-order valence-corrected chi connectivity index (χ4v) is 3.38. The second-order valence-corrected chi connectivity index (χ2v) is 7.48. The predicted molar refractivity (Wildman–Crippen MR) is 119 cm³/mol. The van der Waals surface area contributed by atoms with Gasteiger partial charge in [0.25, 0.3) is 5.91 Å². The Labute approximate surface area is 179 Å². The van der Waals surface area contributed by atoms with Gasteiger partial charge in [-0.15, -0.1) is 0 Å². The number of esters is 1. The number of anilines is 1. The first-order chi connectivity index (χ1) is 15.0. The molecule has 31 heavy (non-hydrogen) atoms. The quantitative estimate of drug-likeness (QED) is 0.427. The van der Waals surface area contributed by atoms with E-state index in [9.17, 15) is 9.59 Å². The Morgan fingerprint density at radius 3 is 2.52 bits per heavy atom. The largest absolute Gasteiger partial charge is 0.452 e. The lowest BCUT2D eigenvalue weighted by molar-refractivity contribution is -0.119. The zero-order valence-electron chi connectivity index (χ0n) is 17.3. The predicted octanol–water partition coefficient (Wildman–Crippen LogP) is 5.41. The number of para-hydroxylation sites is 1. The first kappa shape index (κ1) is 20.3. The molecule has 0 aliphatic carbocycles. The number of ether oxygens (including phenoxy) is 1. The van der Waals surface area contributed by atoms with Crippen molar-refractivity contribution >= 4 is 28.5 Å². The number of nitrogens with one attached hydrogen (secondary N) is 1. The SMILES string of the molecule is CC(C)c1ccccc1NC(=O)COC(=O)c1ccc2noc(-c3ccccc3)c2c1. The first-order valence-corrected chi connectivity index (χ1v) is 10.0. The van der Waals surface area contributed by atoms with Gasteiger partial charge in [0.1, 0.15) is 5.52 Å². The number of nitrogens with zero attached hydrogens (tertiary/aromatic N) is 1. The summed E-state index contributed by atoms with van der Waals surface area (Å²) in [7, 11) is 0. The Balaban J connectivity index is 1.46. The maximum atomic E-state index is 12.5. The molecule has 1 heterocycles. The van der Waals surface area contributed by atoms with Crippen LogP contribution in [0, 0.1) is 0 Å². The number of hydrogen-bond acceptors (Lipinski definition) is 5. The summed E-state index contributed by atoms with van der Waals surface area (Å²) in [6.45, 7) is 3.73. The van der Waals surface area contributed by atoms with Gasteiger partial charge in [0.05, 0.1) is 10.9 Å². The Kier molecular flexibility index (Phi) is 5.80. The van der Waals surface area contributed by atoms with Crippen LogP contribution in [0.4, 0.5) is 5.69 Å². The summed E-state index contributed by atoms with van der Waals surface area (Å²) in [5.74, 6) is -0.145. The van der Waals surface area contributed by atoms with E-state index in [1.165, 1.54) is 0 Å². The van der Waals surface area contributed by atoms with Crippen LogP contribution in [0.25, 0.3) is 22.2 Å². The lowest BCUT2D eigenvalue weighted by Gasteiger charge is -2.13. The summed E-state index contributed by atoms with van der Waals surface area (Å²) < 4.78 is 10.7. The summed E-state index contributed by atoms with van der Waals surface area (Å²) in [4.78, 5) is 24.9. The van der Waals surface area contributed by atoms with Crippen LogP contribution in [-0.2, 0) is 9.53 Å². The molecule has 0 saturated heterocycles. The smallest absolute Gasteiger partial charge is 0.338 e. The normalized spacial score (nSPS) is 10.9. The maximum absolute atomic E-state index is 12.5. The fraction of sp³-hybridized carbons (Fsp3) is 0.160. The standard InChI is InChI=1S/C25H22N2O4/c1-16(2)19-10-6-7-11-21(19)26-23(28)15-30-25(29)18-12-13-22-20(14-18)24(31-27-22)17-8-4-3-5-9-17/h3-14,16H,15H2,1-2H3,(H,26,28). The molecule has 0 spiro atoms. The summed E-state index contributed by atoms with van der Waals surface area (Å²) >= 11 is 0. The zero-order chi connectivity index (χ0) is 21.8. The fourth-order valence-electron chi connectivity index (χ4n) is 3.38. The molecule has 156 valence electrons. The summed E-state index contributed by atoms with van der Waals surface area (Å²) in [5, 5.41) is 7.57. The van der Waals surface area contributed by atoms with E-state index in [0.29, 0.717) is 22.2 Å². The van der Waals surface area contributed by atoms with Crippen LogP contribution in [-0.4, -0.2) is 23.6 Å². The molecule has 0 saturated carbocycles. The van der Waals surface area contributed by atoms with Crippen molar-refractivity contribution in [2.24, 2.45) is 0 Å². The Bertz CT molecular complexity index is 1230. The lowest BCUT2D eigenvalue weighted by atomic mass is 10.0. The molecular weight excluding hydrogens is 392 g/mol. The van der Waals surface area contributed by atoms with E-state index < -0.39 is 11.9 Å². The van der Waals surface area contributed by atoms with Gasteiger partial charge in [-0.2, -0.15) is 0 Å². The molecule has 3 aromatic carbocycles. The van der Waals surface area contributed by atoms with Crippen LogP contribution in [0.15, 0.2) is 77.3 Å². The third-order valence-corrected chi connectivity index (χ3v) is 4.94. The van der Waals surface area contributed by atoms with Crippen molar-refractivity contribution in [1.82, 2.24) is 5.16 Å². The highest BCUT2D eigenvalue weighted by atomic mass is 16.5. The van der Waals surface area contributed by atoms with Gasteiger partial charge in [0.2, 0.25) is 0 Å². The van der Waals surface area contributed by atoms with Gasteiger partial charge in [-0.05, 0) is 35.7 Å². The van der Waals surface area contributed by atoms with Gasteiger partial charge in [-0.25, -0.2) is 4.79 Å². The van der Waals surface area contributed by atoms with E-state index in [1.807, 2.05) is 54.6 Å². The third-order valence-electron chi connectivity index (χ3n) is 4.94. The van der Waals surface area contributed by atoms with Crippen molar-refractivity contribution in [3.05, 3.63) is 83.9 Å². The van der Waals surface area contributed by atoms with Crippen LogP contribution in [0.5, 0.6) is 0 Å². The van der Waals surface area contributed by atoms with E-state index in [4.69, 9.17) is 9.26 Å². The molecule has 6 nitrogen and oxygen atoms in total. The number of aromatic nitrogens is 1. The van der Waals surface area contributed by atoms with E-state index in [2.05, 4.69) is 24.3 Å². The second-order valence-electron chi connectivity index (χ2n) is 7.48. The molecular formula is C25H22N2O4. The Hall–Kier alpha value is -3.93. The van der Waals surface area contributed by atoms with Crippen molar-refractivity contribution in [3.63, 3.8) is 0 Å². The first-order valence-electron chi connectivity index (χ1n) is 10.0. The molecule has 0 atom stereocenters. The van der Waals surface area contributed by atoms with Crippen LogP contribution >= 0.6 is 0 Å². The van der Waals surface area contributed by atoms with Crippen LogP contribution in [0.2, 0.25) is 0 Å². The van der Waals surface area contributed by atoms with E-state index >= 15 is 0 Å². The minimum absolute atomic E-state index is 0.258. The second kappa shape index (κ2) is 8.83. The number of benzene rings is 3. The molecule has 1 N–H and O–H groups in total. The molecule has 4 rings (SSSR count). The number of hydrogen-bond donors (Lipinski definition) is 1. The highest BCUT2D eigenvalue weighted by Crippen LogP contribution is 2.29. The maximum Gasteiger partial charge on any atom is 0.338 e. The number of carbonyl (C=O) groups is 2. The molecule has 0 aliphatic rings. The number of fused-ring (bicyclic) bond motifs is 1. The average Bonchev–Trinajstić information content (AvgIpc) is 3.21. The topological polar surface area (TPSA) is 81.4 Å². The van der Waals surface area contributed by atoms with E-state index in [0.717, 1.165) is 16.8 Å². The Morgan fingerprint density at radius 2 is 1.74 bits per heavy atom. The number of carbonyl (C=O) groups excluding carboxylic acids is 2. The van der Waals surface area contributed by atoms with Crippen molar-refractivity contribution in [1.29, 1.82) is 0 Å². The average molecular weight is 414 g/mol. The van der Waals surface area contributed by atoms with Gasteiger partial charge in [0, 0.05) is 11.3 Å². The van der Waals surface area contributed by atoms with Crippen LogP contribution < -0.4 is 5.32 Å². The van der Waals surface area contributed by atoms with Crippen molar-refractivity contribution < 1.29 is 18.8 Å². The van der Waals surface area contributed by atoms with Gasteiger partial charge < -0.3 is 14.6 Å². The molecule has 4 aromatic rings. The lowest BCUT2D eigenvalue weighted by Crippen LogP contribution is -2.21. The van der Waals surface area contributed by atoms with E-state index in [-0.39, 0.29) is 12.5 Å². The van der Waals surface area contributed by atoms with Gasteiger partial charge in [-0.1, -0.05) is 67.5 Å². The molecule has 0 fully saturated rings. The zero-order valence-corrected chi connectivity index (χ0v) is 17.3. The highest BCUT2D eigenvalue weighted by molar-refractivity contribution is 6.00. The third kappa shape index (κ3) is 4.48. The van der Waals surface area contributed by atoms with Gasteiger partial charge >= 0.3 is 5.97 Å². The van der Waals surface area contributed by atoms with Crippen molar-refractivity contribution in [3.8, 4) is 11.3 Å². The summed E-state index contributed by atoms with van der Waals surface area (Å²) in [5.41, 5.74) is 3.56. The summed E-state index contributed by atoms with van der Waals surface area (Å²) in [6, 6.07) is 22.1. The molecule has 0 unspecified atom stereocenters. The summed E-state index contributed by atoms with van der Waals surface area (Å²) in [6.07, 6.45) is 0. The molecule has 1 amide bonds. The monoisotopic (exact) mass is 414 g/mol. The molecule has 6 heteroatoms.